The fraction of sp³-hybridized carbons (Fsp3) is 0.111. The molecule has 0 spiro atoms. The molecular formula is C18H15F3N6O. The Kier molecular flexibility index (Phi) is 5.39. The van der Waals surface area contributed by atoms with E-state index in [0.29, 0.717) is 22.9 Å². The van der Waals surface area contributed by atoms with Gasteiger partial charge in [0.25, 0.3) is 0 Å². The van der Waals surface area contributed by atoms with E-state index in [9.17, 15) is 18.0 Å². The van der Waals surface area contributed by atoms with Crippen LogP contribution in [-0.2, 0) is 11.0 Å². The normalized spacial score (nSPS) is 11.0. The molecule has 0 aliphatic heterocycles. The molecule has 28 heavy (non-hydrogen) atoms. The van der Waals surface area contributed by atoms with Crippen molar-refractivity contribution in [3.63, 3.8) is 0 Å². The summed E-state index contributed by atoms with van der Waals surface area (Å²) in [7, 11) is 0. The van der Waals surface area contributed by atoms with Crippen LogP contribution >= 0.6 is 0 Å². The van der Waals surface area contributed by atoms with Crippen LogP contribution in [0.25, 0.3) is 0 Å². The molecule has 0 saturated heterocycles. The third kappa shape index (κ3) is 5.16. The van der Waals surface area contributed by atoms with Crippen molar-refractivity contribution in [3.05, 3.63) is 60.3 Å². The van der Waals surface area contributed by atoms with Crippen molar-refractivity contribution in [1.82, 2.24) is 15.2 Å². The fourth-order valence-electron chi connectivity index (χ4n) is 2.31. The van der Waals surface area contributed by atoms with Gasteiger partial charge in [0.15, 0.2) is 5.82 Å². The van der Waals surface area contributed by atoms with Crippen molar-refractivity contribution in [1.29, 1.82) is 0 Å². The number of carbonyl (C=O) groups is 1. The first-order valence-electron chi connectivity index (χ1n) is 8.08. The van der Waals surface area contributed by atoms with Crippen LogP contribution in [0.2, 0.25) is 0 Å². The number of alkyl halides is 3. The first kappa shape index (κ1) is 19.1. The minimum atomic E-state index is -4.39. The average Bonchev–Trinajstić information content (AvgIpc) is 2.61. The Morgan fingerprint density at radius 3 is 2.36 bits per heavy atom. The smallest absolute Gasteiger partial charge is 0.339 e. The van der Waals surface area contributed by atoms with E-state index in [1.165, 1.54) is 25.3 Å². The van der Waals surface area contributed by atoms with Crippen LogP contribution in [-0.4, -0.2) is 21.1 Å². The number of benzene rings is 2. The SMILES string of the molecule is CC(=O)Nc1cccc(Nc2nncc(Nc3ccc(C(F)(F)F)cc3)n2)c1. The maximum Gasteiger partial charge on any atom is 0.416 e. The van der Waals surface area contributed by atoms with Gasteiger partial charge in [-0.2, -0.15) is 23.3 Å². The van der Waals surface area contributed by atoms with Gasteiger partial charge in [-0.1, -0.05) is 6.07 Å². The highest BCUT2D eigenvalue weighted by molar-refractivity contribution is 5.89. The molecule has 0 atom stereocenters. The minimum absolute atomic E-state index is 0.178. The predicted octanol–water partition coefficient (Wildman–Crippen LogP) is 4.34. The Morgan fingerprint density at radius 2 is 1.68 bits per heavy atom. The highest BCUT2D eigenvalue weighted by atomic mass is 19.4. The number of amides is 1. The van der Waals surface area contributed by atoms with Crippen molar-refractivity contribution >= 4 is 34.7 Å². The van der Waals surface area contributed by atoms with Crippen molar-refractivity contribution in [2.45, 2.75) is 13.1 Å². The highest BCUT2D eigenvalue weighted by Gasteiger charge is 2.29. The molecule has 0 aliphatic rings. The Balaban J connectivity index is 1.71. The van der Waals surface area contributed by atoms with Gasteiger partial charge in [-0.25, -0.2) is 0 Å². The topological polar surface area (TPSA) is 91.8 Å². The third-order valence-corrected chi connectivity index (χ3v) is 3.48. The van der Waals surface area contributed by atoms with E-state index >= 15 is 0 Å². The second kappa shape index (κ2) is 7.91. The van der Waals surface area contributed by atoms with Gasteiger partial charge in [-0.3, -0.25) is 4.79 Å². The number of aromatic nitrogens is 3. The molecule has 2 aromatic carbocycles. The first-order chi connectivity index (χ1) is 13.3. The third-order valence-electron chi connectivity index (χ3n) is 3.48. The predicted molar refractivity (Wildman–Crippen MR) is 98.6 cm³/mol. The van der Waals surface area contributed by atoms with Crippen LogP contribution in [0.3, 0.4) is 0 Å². The molecule has 1 amide bonds. The van der Waals surface area contributed by atoms with Gasteiger partial charge < -0.3 is 16.0 Å². The summed E-state index contributed by atoms with van der Waals surface area (Å²) in [6.45, 7) is 1.41. The van der Waals surface area contributed by atoms with E-state index in [1.807, 2.05) is 0 Å². The second-order valence-electron chi connectivity index (χ2n) is 5.75. The van der Waals surface area contributed by atoms with Crippen LogP contribution in [0.4, 0.5) is 42.0 Å². The first-order valence-corrected chi connectivity index (χ1v) is 8.08. The molecule has 0 fully saturated rings. The number of nitrogens with zero attached hydrogens (tertiary/aromatic N) is 3. The van der Waals surface area contributed by atoms with Gasteiger partial charge in [-0.05, 0) is 42.5 Å². The maximum absolute atomic E-state index is 12.6. The molecule has 144 valence electrons. The maximum atomic E-state index is 12.6. The number of rotatable bonds is 5. The largest absolute Gasteiger partial charge is 0.416 e. The summed E-state index contributed by atoms with van der Waals surface area (Å²) in [5.74, 6) is 0.282. The van der Waals surface area contributed by atoms with Gasteiger partial charge in [0.2, 0.25) is 11.9 Å². The lowest BCUT2D eigenvalue weighted by atomic mass is 10.2. The molecule has 1 aromatic heterocycles. The average molecular weight is 388 g/mol. The number of hydrogen-bond acceptors (Lipinski definition) is 6. The lowest BCUT2D eigenvalue weighted by Crippen LogP contribution is -2.06. The number of hydrogen-bond donors (Lipinski definition) is 3. The molecule has 0 saturated carbocycles. The summed E-state index contributed by atoms with van der Waals surface area (Å²) in [4.78, 5) is 15.4. The number of anilines is 5. The van der Waals surface area contributed by atoms with Crippen LogP contribution in [0.5, 0.6) is 0 Å². The Morgan fingerprint density at radius 1 is 0.964 bits per heavy atom. The van der Waals surface area contributed by atoms with E-state index in [4.69, 9.17) is 0 Å². The number of carbonyl (C=O) groups excluding carboxylic acids is 1. The van der Waals surface area contributed by atoms with Crippen LogP contribution in [0, 0.1) is 0 Å². The summed E-state index contributed by atoms with van der Waals surface area (Å²) in [6, 6.07) is 11.5. The molecule has 1 heterocycles. The van der Waals surface area contributed by atoms with Gasteiger partial charge in [0.1, 0.15) is 0 Å². The van der Waals surface area contributed by atoms with E-state index < -0.39 is 11.7 Å². The molecule has 0 unspecified atom stereocenters. The van der Waals surface area contributed by atoms with Gasteiger partial charge >= 0.3 is 6.18 Å². The van der Waals surface area contributed by atoms with Crippen molar-refractivity contribution in [2.24, 2.45) is 0 Å². The number of nitrogens with one attached hydrogen (secondary N) is 3. The zero-order valence-corrected chi connectivity index (χ0v) is 14.6. The Labute approximate surface area is 158 Å². The lowest BCUT2D eigenvalue weighted by Gasteiger charge is -2.10. The fourth-order valence-corrected chi connectivity index (χ4v) is 2.31. The second-order valence-corrected chi connectivity index (χ2v) is 5.75. The van der Waals surface area contributed by atoms with Gasteiger partial charge in [0, 0.05) is 24.0 Å². The zero-order chi connectivity index (χ0) is 20.1. The monoisotopic (exact) mass is 388 g/mol. The lowest BCUT2D eigenvalue weighted by molar-refractivity contribution is -0.137. The van der Waals surface area contributed by atoms with Crippen molar-refractivity contribution in [2.75, 3.05) is 16.0 Å². The van der Waals surface area contributed by atoms with Crippen LogP contribution in [0.15, 0.2) is 54.7 Å². The van der Waals surface area contributed by atoms with E-state index in [0.717, 1.165) is 12.1 Å². The van der Waals surface area contributed by atoms with Gasteiger partial charge in [-0.15, -0.1) is 5.10 Å². The molecule has 0 aliphatic carbocycles. The molecular weight excluding hydrogens is 373 g/mol. The van der Waals surface area contributed by atoms with Gasteiger partial charge in [0.05, 0.1) is 11.8 Å². The summed E-state index contributed by atoms with van der Waals surface area (Å²) < 4.78 is 37.9. The summed E-state index contributed by atoms with van der Waals surface area (Å²) in [5, 5.41) is 16.2. The Bertz CT molecular complexity index is 976. The Hall–Kier alpha value is -3.69. The molecule has 3 N–H and O–H groups in total. The van der Waals surface area contributed by atoms with E-state index in [-0.39, 0.29) is 11.9 Å². The van der Waals surface area contributed by atoms with E-state index in [1.54, 1.807) is 24.3 Å². The molecule has 3 rings (SSSR count). The summed E-state index contributed by atoms with van der Waals surface area (Å²) in [6.07, 6.45) is -3.05. The van der Waals surface area contributed by atoms with Crippen LogP contribution < -0.4 is 16.0 Å². The summed E-state index contributed by atoms with van der Waals surface area (Å²) >= 11 is 0. The number of halogens is 3. The molecule has 0 radical (unpaired) electrons. The van der Waals surface area contributed by atoms with Crippen LogP contribution in [0.1, 0.15) is 12.5 Å². The molecule has 10 heteroatoms. The molecule has 3 aromatic rings. The molecule has 0 bridgehead atoms. The standard InChI is InChI=1S/C18H15F3N6O/c1-11(28)23-14-3-2-4-15(9-14)25-17-26-16(10-22-27-17)24-13-7-5-12(6-8-13)18(19,20)21/h2-10H,1H3,(H,23,28)(H2,24,25,26,27). The van der Waals surface area contributed by atoms with Crippen molar-refractivity contribution < 1.29 is 18.0 Å². The quantitative estimate of drug-likeness (QED) is 0.602. The van der Waals surface area contributed by atoms with E-state index in [2.05, 4.69) is 31.1 Å². The minimum Gasteiger partial charge on any atom is -0.339 e. The molecule has 7 nitrogen and oxygen atoms in total. The zero-order valence-electron chi connectivity index (χ0n) is 14.6. The summed E-state index contributed by atoms with van der Waals surface area (Å²) in [5.41, 5.74) is 0.914. The highest BCUT2D eigenvalue weighted by Crippen LogP contribution is 2.30. The van der Waals surface area contributed by atoms with Crippen molar-refractivity contribution in [3.8, 4) is 0 Å².